The van der Waals surface area contributed by atoms with E-state index in [9.17, 15) is 4.79 Å². The molecule has 0 N–H and O–H groups in total. The Morgan fingerprint density at radius 2 is 1.50 bits per heavy atom. The third-order valence-corrected chi connectivity index (χ3v) is 2.83. The highest BCUT2D eigenvalue weighted by molar-refractivity contribution is 5.68. The van der Waals surface area contributed by atoms with Gasteiger partial charge in [-0.2, -0.15) is 0 Å². The second-order valence-electron chi connectivity index (χ2n) is 4.59. The zero-order chi connectivity index (χ0) is 10.9. The molecule has 0 saturated heterocycles. The first kappa shape index (κ1) is 11.0. The Hall–Kier alpha value is -1.11. The van der Waals surface area contributed by atoms with E-state index in [-0.39, 0.29) is 5.41 Å². The Morgan fingerprint density at radius 1 is 1.00 bits per heavy atom. The van der Waals surface area contributed by atoms with E-state index in [1.807, 2.05) is 13.8 Å². The molecule has 0 amide bonds. The van der Waals surface area contributed by atoms with Crippen molar-refractivity contribution < 1.29 is 4.79 Å². The van der Waals surface area contributed by atoms with Gasteiger partial charge in [0.25, 0.3) is 0 Å². The van der Waals surface area contributed by atoms with Crippen LogP contribution in [0.2, 0.25) is 0 Å². The van der Waals surface area contributed by atoms with Crippen LogP contribution in [-0.2, 0) is 10.2 Å². The summed E-state index contributed by atoms with van der Waals surface area (Å²) in [5.74, 6) is 0. The lowest BCUT2D eigenvalue weighted by Gasteiger charge is -2.21. The van der Waals surface area contributed by atoms with Gasteiger partial charge in [-0.3, -0.25) is 0 Å². The van der Waals surface area contributed by atoms with E-state index in [4.69, 9.17) is 0 Å². The predicted octanol–water partition coefficient (Wildman–Crippen LogP) is 3.09. The smallest absolute Gasteiger partial charge is 0.129 e. The Labute approximate surface area is 86.1 Å². The van der Waals surface area contributed by atoms with Crippen molar-refractivity contribution in [3.05, 3.63) is 34.4 Å². The van der Waals surface area contributed by atoms with E-state index >= 15 is 0 Å². The summed E-state index contributed by atoms with van der Waals surface area (Å²) in [5.41, 5.74) is 4.50. The van der Waals surface area contributed by atoms with Crippen molar-refractivity contribution in [3.8, 4) is 0 Å². The molecule has 0 aliphatic rings. The number of hydrogen-bond acceptors (Lipinski definition) is 1. The molecule has 0 saturated carbocycles. The number of carbonyl (C=O) groups is 1. The van der Waals surface area contributed by atoms with Crippen molar-refractivity contribution in [1.82, 2.24) is 0 Å². The summed E-state index contributed by atoms with van der Waals surface area (Å²) in [6.07, 6.45) is 1.02. The molecule has 1 aromatic rings. The van der Waals surface area contributed by atoms with Gasteiger partial charge in [0.1, 0.15) is 6.29 Å². The van der Waals surface area contributed by atoms with Crippen LogP contribution in [-0.4, -0.2) is 6.29 Å². The molecule has 0 aliphatic heterocycles. The fraction of sp³-hybridized carbons (Fsp3) is 0.462. The maximum atomic E-state index is 11.0. The van der Waals surface area contributed by atoms with Gasteiger partial charge >= 0.3 is 0 Å². The lowest BCUT2D eigenvalue weighted by molar-refractivity contribution is -0.111. The Balaban J connectivity index is 3.36. The quantitative estimate of drug-likeness (QED) is 0.655. The molecule has 0 heterocycles. The van der Waals surface area contributed by atoms with Crippen LogP contribution >= 0.6 is 0 Å². The van der Waals surface area contributed by atoms with Gasteiger partial charge in [0.2, 0.25) is 0 Å². The molecule has 1 rings (SSSR count). The molecule has 0 unspecified atom stereocenters. The molecule has 0 fully saturated rings. The molecular weight excluding hydrogens is 172 g/mol. The number of carbonyl (C=O) groups excluding carboxylic acids is 1. The van der Waals surface area contributed by atoms with Crippen LogP contribution < -0.4 is 0 Å². The summed E-state index contributed by atoms with van der Waals surface area (Å²) in [6.45, 7) is 10.2. The minimum absolute atomic E-state index is 0.372. The number of benzene rings is 1. The van der Waals surface area contributed by atoms with Crippen LogP contribution in [0.25, 0.3) is 0 Å². The van der Waals surface area contributed by atoms with Gasteiger partial charge in [0.05, 0.1) is 0 Å². The highest BCUT2D eigenvalue weighted by Crippen LogP contribution is 2.26. The van der Waals surface area contributed by atoms with Crippen molar-refractivity contribution in [2.75, 3.05) is 0 Å². The van der Waals surface area contributed by atoms with E-state index in [2.05, 4.69) is 32.9 Å². The summed E-state index contributed by atoms with van der Waals surface area (Å²) < 4.78 is 0. The topological polar surface area (TPSA) is 17.1 Å². The molecule has 1 heteroatoms. The Kier molecular flexibility index (Phi) is 2.79. The maximum absolute atomic E-state index is 11.0. The largest absolute Gasteiger partial charge is 0.302 e. The van der Waals surface area contributed by atoms with Crippen molar-refractivity contribution in [2.24, 2.45) is 0 Å². The van der Waals surface area contributed by atoms with Crippen molar-refractivity contribution in [3.63, 3.8) is 0 Å². The van der Waals surface area contributed by atoms with Gasteiger partial charge in [-0.1, -0.05) is 12.1 Å². The molecule has 1 aromatic carbocycles. The van der Waals surface area contributed by atoms with Crippen LogP contribution in [0.5, 0.6) is 0 Å². The molecule has 0 atom stereocenters. The molecule has 0 radical (unpaired) electrons. The van der Waals surface area contributed by atoms with Crippen LogP contribution in [0.4, 0.5) is 0 Å². The van der Waals surface area contributed by atoms with E-state index in [1.165, 1.54) is 16.7 Å². The first-order valence-corrected chi connectivity index (χ1v) is 4.93. The summed E-state index contributed by atoms with van der Waals surface area (Å²) in [4.78, 5) is 11.0. The highest BCUT2D eigenvalue weighted by atomic mass is 16.1. The van der Waals surface area contributed by atoms with E-state index in [0.29, 0.717) is 0 Å². The molecule has 1 nitrogen and oxygen atoms in total. The highest BCUT2D eigenvalue weighted by Gasteiger charge is 2.21. The molecular formula is C13H18O. The fourth-order valence-corrected chi connectivity index (χ4v) is 1.72. The molecule has 0 spiro atoms. The number of rotatable bonds is 2. The summed E-state index contributed by atoms with van der Waals surface area (Å²) in [5, 5.41) is 0. The van der Waals surface area contributed by atoms with Gasteiger partial charge in [0, 0.05) is 5.41 Å². The molecule has 76 valence electrons. The minimum Gasteiger partial charge on any atom is -0.302 e. The third kappa shape index (κ3) is 1.87. The second kappa shape index (κ2) is 3.56. The fourth-order valence-electron chi connectivity index (χ4n) is 1.72. The van der Waals surface area contributed by atoms with Crippen LogP contribution in [0.3, 0.4) is 0 Å². The molecule has 0 aromatic heterocycles. The lowest BCUT2D eigenvalue weighted by atomic mass is 9.82. The van der Waals surface area contributed by atoms with Crippen LogP contribution in [0.1, 0.15) is 36.1 Å². The average molecular weight is 190 g/mol. The van der Waals surface area contributed by atoms with E-state index in [0.717, 1.165) is 11.8 Å². The lowest BCUT2D eigenvalue weighted by Crippen LogP contribution is -2.20. The van der Waals surface area contributed by atoms with Gasteiger partial charge < -0.3 is 4.79 Å². The number of aldehydes is 1. The standard InChI is InChI=1S/C13H18O/c1-9-6-11(3)12(7-10(9)2)13(4,5)8-14/h6-8H,1-5H3. The zero-order valence-corrected chi connectivity index (χ0v) is 9.64. The van der Waals surface area contributed by atoms with Gasteiger partial charge in [0.15, 0.2) is 0 Å². The predicted molar refractivity (Wildman–Crippen MR) is 59.7 cm³/mol. The molecule has 14 heavy (non-hydrogen) atoms. The van der Waals surface area contributed by atoms with E-state index in [1.54, 1.807) is 0 Å². The normalized spacial score (nSPS) is 11.5. The molecule has 0 bridgehead atoms. The zero-order valence-electron chi connectivity index (χ0n) is 9.64. The average Bonchev–Trinajstić information content (AvgIpc) is 2.11. The van der Waals surface area contributed by atoms with E-state index < -0.39 is 0 Å². The number of hydrogen-bond donors (Lipinski definition) is 0. The van der Waals surface area contributed by atoms with Crippen molar-refractivity contribution >= 4 is 6.29 Å². The SMILES string of the molecule is Cc1cc(C)c(C(C)(C)C=O)cc1C. The molecule has 0 aliphatic carbocycles. The van der Waals surface area contributed by atoms with Crippen molar-refractivity contribution in [2.45, 2.75) is 40.0 Å². The Morgan fingerprint density at radius 3 is 2.00 bits per heavy atom. The monoisotopic (exact) mass is 190 g/mol. The van der Waals surface area contributed by atoms with Crippen LogP contribution in [0, 0.1) is 20.8 Å². The first-order chi connectivity index (χ1) is 6.38. The van der Waals surface area contributed by atoms with Gasteiger partial charge in [-0.15, -0.1) is 0 Å². The first-order valence-electron chi connectivity index (χ1n) is 4.93. The van der Waals surface area contributed by atoms with Crippen LogP contribution in [0.15, 0.2) is 12.1 Å². The number of aryl methyl sites for hydroxylation is 3. The van der Waals surface area contributed by atoms with Gasteiger partial charge in [-0.25, -0.2) is 0 Å². The second-order valence-corrected chi connectivity index (χ2v) is 4.59. The Bertz CT molecular complexity index is 362. The summed E-state index contributed by atoms with van der Waals surface area (Å²) in [6, 6.07) is 4.27. The minimum atomic E-state index is -0.372. The van der Waals surface area contributed by atoms with Crippen molar-refractivity contribution in [1.29, 1.82) is 0 Å². The summed E-state index contributed by atoms with van der Waals surface area (Å²) >= 11 is 0. The van der Waals surface area contributed by atoms with Gasteiger partial charge in [-0.05, 0) is 56.9 Å². The maximum Gasteiger partial charge on any atom is 0.129 e. The third-order valence-electron chi connectivity index (χ3n) is 2.83. The summed E-state index contributed by atoms with van der Waals surface area (Å²) in [7, 11) is 0.